The van der Waals surface area contributed by atoms with Crippen molar-refractivity contribution in [1.29, 1.82) is 0 Å². The quantitative estimate of drug-likeness (QED) is 0.626. The molecule has 3 N–H and O–H groups in total. The Kier molecular flexibility index (Phi) is 3.79. The Hall–Kier alpha value is -1.65. The summed E-state index contributed by atoms with van der Waals surface area (Å²) in [7, 11) is 0. The van der Waals surface area contributed by atoms with Gasteiger partial charge in [0.15, 0.2) is 11.6 Å². The van der Waals surface area contributed by atoms with Crippen LogP contribution in [0.3, 0.4) is 0 Å². The van der Waals surface area contributed by atoms with E-state index in [0.29, 0.717) is 6.54 Å². The van der Waals surface area contributed by atoms with Gasteiger partial charge in [0.05, 0.1) is 5.56 Å². The fraction of sp³-hybridized carbons (Fsp3) is 0.462. The summed E-state index contributed by atoms with van der Waals surface area (Å²) in [6.07, 6.45) is 4.57. The molecule has 0 unspecified atom stereocenters. The van der Waals surface area contributed by atoms with Crippen molar-refractivity contribution in [3.63, 3.8) is 0 Å². The number of hydrogen-bond acceptors (Lipinski definition) is 2. The van der Waals surface area contributed by atoms with Gasteiger partial charge in [-0.25, -0.2) is 8.78 Å². The van der Waals surface area contributed by atoms with Gasteiger partial charge in [-0.3, -0.25) is 4.79 Å². The first-order chi connectivity index (χ1) is 8.58. The van der Waals surface area contributed by atoms with E-state index in [1.807, 2.05) is 0 Å². The first kappa shape index (κ1) is 12.8. The minimum absolute atomic E-state index is 0.0136. The fourth-order valence-electron chi connectivity index (χ4n) is 1.85. The van der Waals surface area contributed by atoms with Crippen molar-refractivity contribution >= 4 is 11.6 Å². The highest BCUT2D eigenvalue weighted by Crippen LogP contribution is 2.33. The van der Waals surface area contributed by atoms with E-state index in [2.05, 4.69) is 5.32 Å². The summed E-state index contributed by atoms with van der Waals surface area (Å²) in [5.74, 6) is -1.75. The van der Waals surface area contributed by atoms with Crippen LogP contribution >= 0.6 is 0 Å². The topological polar surface area (TPSA) is 55.1 Å². The summed E-state index contributed by atoms with van der Waals surface area (Å²) in [5.41, 5.74) is 5.42. The number of rotatable bonds is 5. The van der Waals surface area contributed by atoms with E-state index in [9.17, 15) is 13.6 Å². The lowest BCUT2D eigenvalue weighted by atomic mass is 10.1. The molecule has 3 nitrogen and oxygen atoms in total. The number of nitrogens with one attached hydrogen (secondary N) is 1. The summed E-state index contributed by atoms with van der Waals surface area (Å²) in [6.45, 7) is 0.535. The van der Waals surface area contributed by atoms with Crippen LogP contribution in [0.15, 0.2) is 12.1 Å². The molecular formula is C13H16F2N2O. The monoisotopic (exact) mass is 254 g/mol. The zero-order valence-corrected chi connectivity index (χ0v) is 10.0. The summed E-state index contributed by atoms with van der Waals surface area (Å²) < 4.78 is 25.9. The molecular weight excluding hydrogens is 238 g/mol. The van der Waals surface area contributed by atoms with Gasteiger partial charge in [-0.05, 0) is 24.8 Å². The van der Waals surface area contributed by atoms with E-state index in [-0.39, 0.29) is 11.3 Å². The van der Waals surface area contributed by atoms with Crippen LogP contribution in [0.4, 0.5) is 14.5 Å². The Bertz CT molecular complexity index is 459. The Balaban J connectivity index is 1.88. The average Bonchev–Trinajstić information content (AvgIpc) is 3.13. The first-order valence-electron chi connectivity index (χ1n) is 6.10. The maximum Gasteiger partial charge on any atom is 0.253 e. The van der Waals surface area contributed by atoms with Gasteiger partial charge in [-0.2, -0.15) is 0 Å². The fourth-order valence-corrected chi connectivity index (χ4v) is 1.85. The average molecular weight is 254 g/mol. The van der Waals surface area contributed by atoms with E-state index in [0.717, 1.165) is 30.9 Å². The molecule has 1 aliphatic carbocycles. The third-order valence-corrected chi connectivity index (χ3v) is 3.11. The minimum Gasteiger partial charge on any atom is -0.398 e. The largest absolute Gasteiger partial charge is 0.398 e. The molecule has 0 aliphatic heterocycles. The molecule has 1 fully saturated rings. The number of hydrogen-bond donors (Lipinski definition) is 2. The van der Waals surface area contributed by atoms with Crippen molar-refractivity contribution in [3.8, 4) is 0 Å². The predicted octanol–water partition coefficient (Wildman–Crippen LogP) is 2.47. The molecule has 18 heavy (non-hydrogen) atoms. The highest BCUT2D eigenvalue weighted by molar-refractivity contribution is 5.99. The molecule has 1 aromatic rings. The molecule has 0 spiro atoms. The van der Waals surface area contributed by atoms with Gasteiger partial charge in [-0.1, -0.05) is 12.8 Å². The van der Waals surface area contributed by atoms with Gasteiger partial charge in [-0.15, -0.1) is 0 Å². The molecule has 0 bridgehead atoms. The molecule has 1 saturated carbocycles. The molecule has 0 heterocycles. The summed E-state index contributed by atoms with van der Waals surface area (Å²) >= 11 is 0. The number of halogens is 2. The Morgan fingerprint density at radius 3 is 2.67 bits per heavy atom. The maximum atomic E-state index is 13.0. The van der Waals surface area contributed by atoms with E-state index < -0.39 is 17.5 Å². The van der Waals surface area contributed by atoms with Gasteiger partial charge in [0, 0.05) is 18.3 Å². The number of amides is 1. The number of nitrogen functional groups attached to an aromatic ring is 1. The standard InChI is InChI=1S/C13H16F2N2O/c14-10-6-9(12(16)7-11(10)15)13(18)17-5-1-2-8-3-4-8/h6-8H,1-5,16H2,(H,17,18). The normalized spacial score (nSPS) is 14.6. The summed E-state index contributed by atoms with van der Waals surface area (Å²) in [5, 5.41) is 2.66. The highest BCUT2D eigenvalue weighted by Gasteiger charge is 2.20. The van der Waals surface area contributed by atoms with E-state index in [4.69, 9.17) is 5.73 Å². The van der Waals surface area contributed by atoms with Crippen LogP contribution in [0.5, 0.6) is 0 Å². The van der Waals surface area contributed by atoms with Gasteiger partial charge >= 0.3 is 0 Å². The van der Waals surface area contributed by atoms with Crippen LogP contribution in [-0.2, 0) is 0 Å². The number of carbonyl (C=O) groups is 1. The Morgan fingerprint density at radius 2 is 2.00 bits per heavy atom. The van der Waals surface area contributed by atoms with Crippen molar-refractivity contribution in [2.45, 2.75) is 25.7 Å². The minimum atomic E-state index is -1.06. The third kappa shape index (κ3) is 3.18. The molecule has 1 aliphatic rings. The lowest BCUT2D eigenvalue weighted by Gasteiger charge is -2.08. The Labute approximate surface area is 104 Å². The SMILES string of the molecule is Nc1cc(F)c(F)cc1C(=O)NCCCC1CC1. The van der Waals surface area contributed by atoms with Crippen LogP contribution in [0, 0.1) is 17.6 Å². The van der Waals surface area contributed by atoms with Crippen LogP contribution in [-0.4, -0.2) is 12.5 Å². The zero-order chi connectivity index (χ0) is 13.1. The van der Waals surface area contributed by atoms with Crippen LogP contribution in [0.1, 0.15) is 36.0 Å². The van der Waals surface area contributed by atoms with E-state index >= 15 is 0 Å². The van der Waals surface area contributed by atoms with Crippen LogP contribution < -0.4 is 11.1 Å². The molecule has 0 atom stereocenters. The predicted molar refractivity (Wildman–Crippen MR) is 65.1 cm³/mol. The zero-order valence-electron chi connectivity index (χ0n) is 10.0. The first-order valence-corrected chi connectivity index (χ1v) is 6.10. The highest BCUT2D eigenvalue weighted by atomic mass is 19.2. The molecule has 0 saturated heterocycles. The van der Waals surface area contributed by atoms with Gasteiger partial charge < -0.3 is 11.1 Å². The maximum absolute atomic E-state index is 13.0. The molecule has 2 rings (SSSR count). The third-order valence-electron chi connectivity index (χ3n) is 3.11. The van der Waals surface area contributed by atoms with E-state index in [1.165, 1.54) is 12.8 Å². The second-order valence-electron chi connectivity index (χ2n) is 4.70. The van der Waals surface area contributed by atoms with Crippen molar-refractivity contribution in [2.24, 2.45) is 5.92 Å². The van der Waals surface area contributed by atoms with Gasteiger partial charge in [0.25, 0.3) is 5.91 Å². The number of anilines is 1. The van der Waals surface area contributed by atoms with Gasteiger partial charge in [0.2, 0.25) is 0 Å². The molecule has 98 valence electrons. The van der Waals surface area contributed by atoms with Crippen molar-refractivity contribution in [2.75, 3.05) is 12.3 Å². The van der Waals surface area contributed by atoms with Crippen molar-refractivity contribution in [1.82, 2.24) is 5.32 Å². The molecule has 1 aromatic carbocycles. The molecule has 0 aromatic heterocycles. The number of benzene rings is 1. The lowest BCUT2D eigenvalue weighted by Crippen LogP contribution is -2.25. The molecule has 0 radical (unpaired) electrons. The second kappa shape index (κ2) is 5.33. The number of nitrogens with two attached hydrogens (primary N) is 1. The van der Waals surface area contributed by atoms with Crippen LogP contribution in [0.2, 0.25) is 0 Å². The molecule has 5 heteroatoms. The number of carbonyl (C=O) groups excluding carboxylic acids is 1. The van der Waals surface area contributed by atoms with Crippen molar-refractivity contribution < 1.29 is 13.6 Å². The Morgan fingerprint density at radius 1 is 1.33 bits per heavy atom. The smallest absolute Gasteiger partial charge is 0.253 e. The lowest BCUT2D eigenvalue weighted by molar-refractivity contribution is 0.0953. The molecule has 1 amide bonds. The van der Waals surface area contributed by atoms with Crippen LogP contribution in [0.25, 0.3) is 0 Å². The second-order valence-corrected chi connectivity index (χ2v) is 4.70. The van der Waals surface area contributed by atoms with Crippen molar-refractivity contribution in [3.05, 3.63) is 29.3 Å². The van der Waals surface area contributed by atoms with Gasteiger partial charge in [0.1, 0.15) is 0 Å². The summed E-state index contributed by atoms with van der Waals surface area (Å²) in [4.78, 5) is 11.7. The summed E-state index contributed by atoms with van der Waals surface area (Å²) in [6, 6.07) is 1.66. The van der Waals surface area contributed by atoms with E-state index in [1.54, 1.807) is 0 Å².